The van der Waals surface area contributed by atoms with E-state index in [1.807, 2.05) is 24.3 Å². The molecule has 1 aliphatic rings. The second-order valence-electron chi connectivity index (χ2n) is 6.76. The fourth-order valence-corrected chi connectivity index (χ4v) is 3.28. The smallest absolute Gasteiger partial charge is 0.223 e. The van der Waals surface area contributed by atoms with Crippen LogP contribution >= 0.6 is 0 Å². The van der Waals surface area contributed by atoms with Crippen LogP contribution in [0.2, 0.25) is 0 Å². The van der Waals surface area contributed by atoms with Crippen molar-refractivity contribution < 1.29 is 0 Å². The molecule has 7 nitrogen and oxygen atoms in total. The van der Waals surface area contributed by atoms with Gasteiger partial charge in [-0.25, -0.2) is 19.9 Å². The molecule has 0 amide bonds. The highest BCUT2D eigenvalue weighted by atomic mass is 15.1. The first kappa shape index (κ1) is 17.2. The van der Waals surface area contributed by atoms with Gasteiger partial charge in [0.1, 0.15) is 17.4 Å². The summed E-state index contributed by atoms with van der Waals surface area (Å²) >= 11 is 0. The lowest BCUT2D eigenvalue weighted by molar-refractivity contribution is 0.410. The number of terminal acetylenes is 1. The zero-order valence-corrected chi connectivity index (χ0v) is 14.9. The molecule has 27 heavy (non-hydrogen) atoms. The molecular weight excluding hydrogens is 338 g/mol. The lowest BCUT2D eigenvalue weighted by atomic mass is 9.92. The van der Waals surface area contributed by atoms with E-state index in [1.165, 1.54) is 6.33 Å². The molecule has 0 atom stereocenters. The molecule has 1 fully saturated rings. The molecule has 4 rings (SSSR count). The largest absolute Gasteiger partial charge is 0.351 e. The van der Waals surface area contributed by atoms with Gasteiger partial charge in [0.05, 0.1) is 6.20 Å². The average molecular weight is 359 g/mol. The van der Waals surface area contributed by atoms with Crippen LogP contribution in [0.25, 0.3) is 11.0 Å². The maximum atomic E-state index is 5.98. The number of rotatable bonds is 4. The van der Waals surface area contributed by atoms with Gasteiger partial charge in [0.15, 0.2) is 5.82 Å². The molecule has 2 heterocycles. The Balaban J connectivity index is 1.60. The van der Waals surface area contributed by atoms with Crippen molar-refractivity contribution >= 4 is 28.5 Å². The molecular formula is C20H21N7. The Morgan fingerprint density at radius 3 is 2.78 bits per heavy atom. The third-order valence-corrected chi connectivity index (χ3v) is 4.77. The SMILES string of the molecule is C#Cc1cccc(Nc2ncnc3cnc(N[C@H]4CC[C@H](N)CC4)nc23)c1. The highest BCUT2D eigenvalue weighted by molar-refractivity contribution is 5.87. The van der Waals surface area contributed by atoms with E-state index in [0.717, 1.165) is 36.9 Å². The minimum atomic E-state index is 0.309. The van der Waals surface area contributed by atoms with Crippen LogP contribution in [0, 0.1) is 12.3 Å². The minimum absolute atomic E-state index is 0.309. The van der Waals surface area contributed by atoms with Gasteiger partial charge in [-0.2, -0.15) is 0 Å². The molecule has 0 radical (unpaired) electrons. The summed E-state index contributed by atoms with van der Waals surface area (Å²) in [5.74, 6) is 3.83. The summed E-state index contributed by atoms with van der Waals surface area (Å²) in [5.41, 5.74) is 8.96. The van der Waals surface area contributed by atoms with E-state index in [0.29, 0.717) is 34.9 Å². The number of aromatic nitrogens is 4. The second kappa shape index (κ2) is 7.56. The topological polar surface area (TPSA) is 102 Å². The molecule has 136 valence electrons. The average Bonchev–Trinajstić information content (AvgIpc) is 2.70. The van der Waals surface area contributed by atoms with Crippen molar-refractivity contribution in [3.8, 4) is 12.3 Å². The van der Waals surface area contributed by atoms with E-state index in [9.17, 15) is 0 Å². The molecule has 3 aromatic rings. The van der Waals surface area contributed by atoms with E-state index in [2.05, 4.69) is 36.5 Å². The lowest BCUT2D eigenvalue weighted by Gasteiger charge is -2.26. The monoisotopic (exact) mass is 359 g/mol. The van der Waals surface area contributed by atoms with Crippen LogP contribution in [0.3, 0.4) is 0 Å². The highest BCUT2D eigenvalue weighted by Gasteiger charge is 2.19. The summed E-state index contributed by atoms with van der Waals surface area (Å²) in [6.07, 6.45) is 12.8. The zero-order valence-electron chi connectivity index (χ0n) is 14.9. The summed E-state index contributed by atoms with van der Waals surface area (Å²) in [6.45, 7) is 0. The van der Waals surface area contributed by atoms with Crippen molar-refractivity contribution in [2.24, 2.45) is 5.73 Å². The van der Waals surface area contributed by atoms with Crippen LogP contribution in [0.5, 0.6) is 0 Å². The van der Waals surface area contributed by atoms with Crippen LogP contribution in [-0.2, 0) is 0 Å². The summed E-state index contributed by atoms with van der Waals surface area (Å²) in [7, 11) is 0. The van der Waals surface area contributed by atoms with Crippen molar-refractivity contribution in [3.63, 3.8) is 0 Å². The van der Waals surface area contributed by atoms with Crippen molar-refractivity contribution in [1.82, 2.24) is 19.9 Å². The number of nitrogens with two attached hydrogens (primary N) is 1. The fourth-order valence-electron chi connectivity index (χ4n) is 3.28. The van der Waals surface area contributed by atoms with E-state index >= 15 is 0 Å². The van der Waals surface area contributed by atoms with Crippen molar-refractivity contribution in [2.45, 2.75) is 37.8 Å². The van der Waals surface area contributed by atoms with E-state index in [1.54, 1.807) is 6.20 Å². The number of nitrogens with zero attached hydrogens (tertiary/aromatic N) is 4. The molecule has 0 spiro atoms. The Morgan fingerprint density at radius 2 is 1.96 bits per heavy atom. The van der Waals surface area contributed by atoms with Gasteiger partial charge in [-0.3, -0.25) is 0 Å². The van der Waals surface area contributed by atoms with Gasteiger partial charge < -0.3 is 16.4 Å². The molecule has 0 unspecified atom stereocenters. The number of benzene rings is 1. The molecule has 7 heteroatoms. The van der Waals surface area contributed by atoms with Crippen molar-refractivity contribution in [3.05, 3.63) is 42.4 Å². The van der Waals surface area contributed by atoms with Crippen LogP contribution < -0.4 is 16.4 Å². The lowest BCUT2D eigenvalue weighted by Crippen LogP contribution is -2.33. The molecule has 0 bridgehead atoms. The molecule has 4 N–H and O–H groups in total. The summed E-state index contributed by atoms with van der Waals surface area (Å²) in [4.78, 5) is 17.7. The Morgan fingerprint density at radius 1 is 1.11 bits per heavy atom. The van der Waals surface area contributed by atoms with E-state index < -0.39 is 0 Å². The van der Waals surface area contributed by atoms with Gasteiger partial charge in [0.25, 0.3) is 0 Å². The Hall–Kier alpha value is -3.24. The van der Waals surface area contributed by atoms with Crippen molar-refractivity contribution in [1.29, 1.82) is 0 Å². The van der Waals surface area contributed by atoms with Gasteiger partial charge >= 0.3 is 0 Å². The molecule has 1 saturated carbocycles. The third-order valence-electron chi connectivity index (χ3n) is 4.77. The van der Waals surface area contributed by atoms with Gasteiger partial charge in [-0.1, -0.05) is 12.0 Å². The quantitative estimate of drug-likeness (QED) is 0.616. The fraction of sp³-hybridized carbons (Fsp3) is 0.300. The normalized spacial score (nSPS) is 19.4. The van der Waals surface area contributed by atoms with Crippen LogP contribution in [0.15, 0.2) is 36.8 Å². The zero-order chi connectivity index (χ0) is 18.6. The molecule has 0 aliphatic heterocycles. The first-order valence-corrected chi connectivity index (χ1v) is 9.05. The van der Waals surface area contributed by atoms with Gasteiger partial charge in [0, 0.05) is 23.3 Å². The Kier molecular flexibility index (Phi) is 4.81. The van der Waals surface area contributed by atoms with Crippen LogP contribution in [-0.4, -0.2) is 32.0 Å². The highest BCUT2D eigenvalue weighted by Crippen LogP contribution is 2.24. The number of hydrogen-bond acceptors (Lipinski definition) is 7. The predicted molar refractivity (Wildman–Crippen MR) is 107 cm³/mol. The summed E-state index contributed by atoms with van der Waals surface area (Å²) in [5, 5.41) is 6.69. The van der Waals surface area contributed by atoms with Gasteiger partial charge in [-0.15, -0.1) is 6.42 Å². The second-order valence-corrected chi connectivity index (χ2v) is 6.76. The Bertz CT molecular complexity index is 987. The maximum absolute atomic E-state index is 5.98. The molecule has 2 aromatic heterocycles. The van der Waals surface area contributed by atoms with E-state index in [-0.39, 0.29) is 0 Å². The number of anilines is 3. The number of fused-ring (bicyclic) bond motifs is 1. The van der Waals surface area contributed by atoms with Gasteiger partial charge in [0.2, 0.25) is 5.95 Å². The molecule has 1 aromatic carbocycles. The van der Waals surface area contributed by atoms with Crippen LogP contribution in [0.4, 0.5) is 17.5 Å². The standard InChI is InChI=1S/C20H21N7/c1-2-13-4-3-5-16(10-13)25-19-18-17(23-12-24-19)11-22-20(27-18)26-15-8-6-14(21)7-9-15/h1,3-5,10-12,14-15H,6-9,21H2,(H,22,26,27)(H,23,24,25)/t14-,15-. The third kappa shape index (κ3) is 3.96. The minimum Gasteiger partial charge on any atom is -0.351 e. The van der Waals surface area contributed by atoms with Gasteiger partial charge in [-0.05, 0) is 43.9 Å². The first-order valence-electron chi connectivity index (χ1n) is 9.05. The number of hydrogen-bond donors (Lipinski definition) is 3. The van der Waals surface area contributed by atoms with Crippen molar-refractivity contribution in [2.75, 3.05) is 10.6 Å². The first-order chi connectivity index (χ1) is 13.2. The number of nitrogens with one attached hydrogen (secondary N) is 2. The Labute approximate surface area is 157 Å². The van der Waals surface area contributed by atoms with E-state index in [4.69, 9.17) is 12.2 Å². The predicted octanol–water partition coefficient (Wildman–Crippen LogP) is 2.83. The van der Waals surface area contributed by atoms with Crippen LogP contribution in [0.1, 0.15) is 31.2 Å². The summed E-state index contributed by atoms with van der Waals surface area (Å²) in [6, 6.07) is 8.25. The molecule has 1 aliphatic carbocycles. The summed E-state index contributed by atoms with van der Waals surface area (Å²) < 4.78 is 0. The maximum Gasteiger partial charge on any atom is 0.223 e. The molecule has 0 saturated heterocycles.